The smallest absolute Gasteiger partial charge is 0.870 e. The quantitative estimate of drug-likeness (QED) is 0.308. The first kappa shape index (κ1) is 84.9. The van der Waals surface area contributed by atoms with Crippen LogP contribution in [0.4, 0.5) is 0 Å². The summed E-state index contributed by atoms with van der Waals surface area (Å²) in [5, 5.41) is 0. The molecule has 3 nitrogen and oxygen atoms in total. The molecule has 0 fully saturated rings. The fraction of sp³-hybridized carbons (Fsp3) is 0. The summed E-state index contributed by atoms with van der Waals surface area (Å²) in [6, 6.07) is 0. The third-order valence-electron chi connectivity index (χ3n) is 0. The van der Waals surface area contributed by atoms with Gasteiger partial charge in [-0.2, -0.15) is 0 Å². The predicted octanol–water partition coefficient (Wildman–Crippen LogP) is -10.7. The van der Waals surface area contributed by atoms with Crippen molar-refractivity contribution in [1.82, 2.24) is 0 Å². The zero-order valence-corrected chi connectivity index (χ0v) is 9.46. The Bertz CT molecular complexity index is 14.9. The van der Waals surface area contributed by atoms with Gasteiger partial charge in [-0.15, -0.1) is 0 Å². The summed E-state index contributed by atoms with van der Waals surface area (Å²) in [4.78, 5) is 0. The molecule has 3 N–H and O–H groups in total. The van der Waals surface area contributed by atoms with Crippen LogP contribution in [0.25, 0.3) is 0 Å². The molecule has 0 aliphatic rings. The fourth-order valence-electron chi connectivity index (χ4n) is 0. The summed E-state index contributed by atoms with van der Waals surface area (Å²) in [6.07, 6.45) is 0. The van der Waals surface area contributed by atoms with E-state index in [4.69, 9.17) is 0 Å². The molecule has 0 aromatic carbocycles. The number of hydrogen-bond donors (Lipinski definition) is 0. The predicted molar refractivity (Wildman–Crippen MR) is 15.7 cm³/mol. The molecule has 30 valence electrons. The van der Waals surface area contributed by atoms with E-state index in [-0.39, 0.29) is 125 Å². The van der Waals surface area contributed by atoms with E-state index in [0.29, 0.717) is 0 Å². The average Bonchev–Trinajstić information content (AvgIpc) is 0. The van der Waals surface area contributed by atoms with Gasteiger partial charge < -0.3 is 16.4 Å². The molecule has 0 atom stereocenters. The summed E-state index contributed by atoms with van der Waals surface area (Å²) >= 11 is 0. The normalized spacial score (nSPS) is 0. The van der Waals surface area contributed by atoms with Crippen molar-refractivity contribution in [3.63, 3.8) is 0 Å². The van der Waals surface area contributed by atoms with E-state index in [9.17, 15) is 0 Å². The van der Waals surface area contributed by atoms with E-state index >= 15 is 0 Å². The first-order chi connectivity index (χ1) is 0. The molecule has 0 unspecified atom stereocenters. The first-order valence-electron chi connectivity index (χ1n) is 0. The minimum atomic E-state index is 0. The zero-order valence-electron chi connectivity index (χ0n) is 4.34. The van der Waals surface area contributed by atoms with Gasteiger partial charge in [-0.1, -0.05) is 0 Å². The maximum atomic E-state index is 0. The topological polar surface area (TPSA) is 90.0 Å². The van der Waals surface area contributed by atoms with Gasteiger partial charge in [0.15, 0.2) is 0 Å². The Morgan fingerprint density at radius 2 is 0.714 bits per heavy atom. The van der Waals surface area contributed by atoms with Crippen LogP contribution in [0.1, 0.15) is 0 Å². The molecule has 7 heavy (non-hydrogen) atoms. The van der Waals surface area contributed by atoms with Crippen molar-refractivity contribution in [3.05, 3.63) is 0 Å². The van der Waals surface area contributed by atoms with Crippen LogP contribution >= 0.6 is 0 Å². The Hall–Kier alpha value is 3.18. The van der Waals surface area contributed by atoms with Crippen molar-refractivity contribution in [2.45, 2.75) is 0 Å². The summed E-state index contributed by atoms with van der Waals surface area (Å²) in [7, 11) is 0. The Morgan fingerprint density at radius 1 is 0.714 bits per heavy atom. The molecular weight excluding hydrogens is 128 g/mol. The summed E-state index contributed by atoms with van der Waals surface area (Å²) in [5.74, 6) is 0. The van der Waals surface area contributed by atoms with Crippen molar-refractivity contribution in [2.24, 2.45) is 0 Å². The largest absolute Gasteiger partial charge is 1.00 e. The van der Waals surface area contributed by atoms with E-state index < -0.39 is 0 Å². The summed E-state index contributed by atoms with van der Waals surface area (Å²) in [6.45, 7) is 0. The average molecular weight is 134 g/mol. The van der Waals surface area contributed by atoms with E-state index in [1.165, 1.54) is 0 Å². The number of rotatable bonds is 0. The van der Waals surface area contributed by atoms with Gasteiger partial charge in [0, 0.05) is 0 Å². The van der Waals surface area contributed by atoms with Gasteiger partial charge in [-0.25, -0.2) is 0 Å². The van der Waals surface area contributed by atoms with Crippen LogP contribution in [0, 0.1) is 0 Å². The fourth-order valence-corrected chi connectivity index (χ4v) is 0. The number of hydrogen-bond acceptors (Lipinski definition) is 3. The maximum Gasteiger partial charge on any atom is 1.00 e. The molecule has 0 heterocycles. The maximum absolute atomic E-state index is 0. The molecule has 0 aliphatic heterocycles. The summed E-state index contributed by atoms with van der Waals surface area (Å²) in [5.41, 5.74) is 0. The molecule has 0 spiro atoms. The molecule has 0 amide bonds. The monoisotopic (exact) mass is 134 g/mol. The van der Waals surface area contributed by atoms with Crippen molar-refractivity contribution in [1.29, 1.82) is 0 Å². The molecule has 0 aromatic rings. The molecule has 0 saturated carbocycles. The van der Waals surface area contributed by atoms with Crippen LogP contribution < -0.4 is 99.8 Å². The van der Waals surface area contributed by atoms with Crippen LogP contribution in [0.3, 0.4) is 0 Å². The van der Waals surface area contributed by atoms with Gasteiger partial charge in [0.05, 0.1) is 8.41 Å². The van der Waals surface area contributed by atoms with Crippen LogP contribution in [0.5, 0.6) is 0 Å². The van der Waals surface area contributed by atoms with Crippen LogP contribution in [-0.2, 0) is 0 Å². The molecule has 0 aliphatic carbocycles. The third kappa shape index (κ3) is 46.8. The second-order valence-corrected chi connectivity index (χ2v) is 0. The van der Waals surface area contributed by atoms with Crippen molar-refractivity contribution >= 4 is 8.41 Å². The van der Waals surface area contributed by atoms with Crippen LogP contribution in [0.15, 0.2) is 0 Å². The van der Waals surface area contributed by atoms with E-state index in [2.05, 4.69) is 0 Å². The Labute approximate surface area is 122 Å². The van der Waals surface area contributed by atoms with Gasteiger partial charge in [-0.3, -0.25) is 0 Å². The van der Waals surface area contributed by atoms with Gasteiger partial charge in [0.2, 0.25) is 0 Å². The molecule has 0 aromatic heterocycles. The van der Waals surface area contributed by atoms with Gasteiger partial charge >= 0.3 is 99.8 Å². The zero-order chi connectivity index (χ0) is 0. The molecule has 7 heteroatoms. The Morgan fingerprint density at radius 3 is 0.714 bits per heavy atom. The second kappa shape index (κ2) is 60.8. The Balaban J connectivity index is 0. The van der Waals surface area contributed by atoms with Crippen LogP contribution in [0.2, 0.25) is 0 Å². The van der Waals surface area contributed by atoms with Gasteiger partial charge in [0.25, 0.3) is 0 Å². The second-order valence-electron chi connectivity index (χ2n) is 0. The third-order valence-corrected chi connectivity index (χ3v) is 0. The molecular formula is H6BKLiNaO3. The molecule has 0 saturated heterocycles. The van der Waals surface area contributed by atoms with Gasteiger partial charge in [-0.05, 0) is 0 Å². The standard InChI is InChI=1S/BH3.K.Li.Na.3H2O/h1H3;;;;3*1H2/q;3*+1;;;/p-3. The van der Waals surface area contributed by atoms with E-state index in [0.717, 1.165) is 0 Å². The molecule has 0 bridgehead atoms. The SMILES string of the molecule is B.[K+].[Li+].[Na+].[OH-].[OH-].[OH-]. The molecule has 0 rings (SSSR count). The Kier molecular flexibility index (Phi) is 737. The first-order valence-corrected chi connectivity index (χ1v) is 0. The summed E-state index contributed by atoms with van der Waals surface area (Å²) < 4.78 is 0. The van der Waals surface area contributed by atoms with Gasteiger partial charge in [0.1, 0.15) is 0 Å². The van der Waals surface area contributed by atoms with Crippen LogP contribution in [-0.4, -0.2) is 24.8 Å². The van der Waals surface area contributed by atoms with Crippen molar-refractivity contribution in [2.75, 3.05) is 0 Å². The molecule has 0 radical (unpaired) electrons. The van der Waals surface area contributed by atoms with Crippen molar-refractivity contribution < 1.29 is 116 Å². The van der Waals surface area contributed by atoms with E-state index in [1.54, 1.807) is 0 Å². The minimum Gasteiger partial charge on any atom is -0.870 e. The van der Waals surface area contributed by atoms with E-state index in [1.807, 2.05) is 0 Å². The minimum absolute atomic E-state index is 0. The van der Waals surface area contributed by atoms with Crippen molar-refractivity contribution in [3.8, 4) is 0 Å².